The number of hydrogen-bond acceptors (Lipinski definition) is 2. The third kappa shape index (κ3) is 20.1. The van der Waals surface area contributed by atoms with E-state index in [9.17, 15) is 0 Å². The lowest BCUT2D eigenvalue weighted by Crippen LogP contribution is -2.48. The van der Waals surface area contributed by atoms with Crippen LogP contribution in [0.3, 0.4) is 0 Å². The maximum absolute atomic E-state index is 8.77. The second-order valence-electron chi connectivity index (χ2n) is 6.69. The first-order valence-corrected chi connectivity index (χ1v) is 11.4. The molecule has 0 saturated carbocycles. The molecule has 0 aliphatic heterocycles. The Kier molecular flexibility index (Phi) is 18.1. The molecule has 0 saturated heterocycles. The molecule has 0 unspecified atom stereocenters. The second-order valence-corrected chi connectivity index (χ2v) is 7.67. The van der Waals surface area contributed by atoms with Crippen LogP contribution < -0.4 is 4.89 Å². The van der Waals surface area contributed by atoms with Crippen molar-refractivity contribution < 1.29 is 23.7 Å². The molecule has 5 nitrogen and oxygen atoms in total. The van der Waals surface area contributed by atoms with Crippen LogP contribution in [0.1, 0.15) is 91.9 Å². The molecule has 2 N–H and O–H groups in total. The van der Waals surface area contributed by atoms with Crippen molar-refractivity contribution in [2.45, 2.75) is 91.9 Å². The van der Waals surface area contributed by atoms with Gasteiger partial charge in [0.25, 0.3) is 7.82 Å². The van der Waals surface area contributed by atoms with Gasteiger partial charge in [0.1, 0.15) is 0 Å². The molecule has 0 heterocycles. The Morgan fingerprint density at radius 1 is 0.708 bits per heavy atom. The van der Waals surface area contributed by atoms with Gasteiger partial charge < -0.3 is 19.2 Å². The summed E-state index contributed by atoms with van der Waals surface area (Å²) in [6, 6.07) is 0. The number of quaternary nitrogens is 1. The van der Waals surface area contributed by atoms with Crippen LogP contribution in [0.25, 0.3) is 0 Å². The minimum Gasteiger partial charge on any atom is -0.756 e. The number of unbranched alkanes of at least 4 members (excludes halogenated alkanes) is 9. The van der Waals surface area contributed by atoms with Crippen LogP contribution in [-0.2, 0) is 4.57 Å². The van der Waals surface area contributed by atoms with E-state index in [2.05, 4.69) is 27.7 Å². The van der Waals surface area contributed by atoms with Gasteiger partial charge in [-0.2, -0.15) is 0 Å². The topological polar surface area (TPSA) is 80.6 Å². The van der Waals surface area contributed by atoms with Crippen LogP contribution in [0, 0.1) is 0 Å². The summed E-state index contributed by atoms with van der Waals surface area (Å²) in [5.74, 6) is 0. The summed E-state index contributed by atoms with van der Waals surface area (Å²) in [6.07, 6.45) is 14.5. The normalized spacial score (nSPS) is 12.0. The minimum atomic E-state index is -4.89. The number of hydrogen-bond donors (Lipinski definition) is 2. The Hall–Kier alpha value is 0.0700. The molecule has 24 heavy (non-hydrogen) atoms. The van der Waals surface area contributed by atoms with Gasteiger partial charge >= 0.3 is 0 Å². The lowest BCUT2D eigenvalue weighted by atomic mass is 10.1. The molecule has 148 valence electrons. The van der Waals surface area contributed by atoms with Gasteiger partial charge in [-0.05, 0) is 33.6 Å². The molecule has 6 heteroatoms. The fraction of sp³-hybridized carbons (Fsp3) is 1.00. The summed E-state index contributed by atoms with van der Waals surface area (Å²) >= 11 is 0. The van der Waals surface area contributed by atoms with Crippen molar-refractivity contribution in [2.75, 3.05) is 26.2 Å². The third-order valence-electron chi connectivity index (χ3n) is 5.00. The first kappa shape index (κ1) is 26.3. The van der Waals surface area contributed by atoms with Crippen LogP contribution in [0.2, 0.25) is 0 Å². The number of phosphoric acid groups is 1. The maximum atomic E-state index is 8.77. The van der Waals surface area contributed by atoms with Crippen LogP contribution in [0.5, 0.6) is 0 Å². The van der Waals surface area contributed by atoms with Crippen molar-refractivity contribution in [3.05, 3.63) is 0 Å². The molecular formula is C18H42NO4P. The lowest BCUT2D eigenvalue weighted by molar-refractivity contribution is -0.923. The smallest absolute Gasteiger partial charge is 0.262 e. The zero-order valence-corrected chi connectivity index (χ0v) is 17.4. The second kappa shape index (κ2) is 16.5. The number of nitrogens with zero attached hydrogens (tertiary/aromatic N) is 1. The third-order valence-corrected chi connectivity index (χ3v) is 5.00. The minimum absolute atomic E-state index is 1.31. The van der Waals surface area contributed by atoms with Crippen molar-refractivity contribution >= 4 is 7.82 Å². The average Bonchev–Trinajstić information content (AvgIpc) is 2.52. The summed E-state index contributed by atoms with van der Waals surface area (Å²) in [4.78, 5) is 22.9. The van der Waals surface area contributed by atoms with E-state index in [1.807, 2.05) is 0 Å². The van der Waals surface area contributed by atoms with Gasteiger partial charge in [-0.1, -0.05) is 58.3 Å². The van der Waals surface area contributed by atoms with Gasteiger partial charge in [-0.25, -0.2) is 0 Å². The summed E-state index contributed by atoms with van der Waals surface area (Å²) in [5, 5.41) is 0. The van der Waals surface area contributed by atoms with Crippen LogP contribution in [0.15, 0.2) is 0 Å². The molecule has 0 fully saturated rings. The zero-order valence-electron chi connectivity index (χ0n) is 16.5. The quantitative estimate of drug-likeness (QED) is 0.274. The van der Waals surface area contributed by atoms with Gasteiger partial charge in [-0.15, -0.1) is 0 Å². The Labute approximate surface area is 150 Å². The molecule has 0 aliphatic rings. The number of rotatable bonds is 14. The highest BCUT2D eigenvalue weighted by atomic mass is 31.2. The van der Waals surface area contributed by atoms with Crippen LogP contribution >= 0.6 is 7.82 Å². The van der Waals surface area contributed by atoms with Crippen LogP contribution in [0.4, 0.5) is 0 Å². The Balaban J connectivity index is 0. The molecule has 0 amide bonds. The first-order valence-electron chi connectivity index (χ1n) is 9.86. The van der Waals surface area contributed by atoms with Crippen LogP contribution in [-0.4, -0.2) is 40.4 Å². The van der Waals surface area contributed by atoms with Gasteiger partial charge in [0.2, 0.25) is 0 Å². The molecule has 0 spiro atoms. The summed E-state index contributed by atoms with van der Waals surface area (Å²) in [6.45, 7) is 14.7. The standard InChI is InChI=1S/C18H40N.H3O4P/c1-5-9-10-11-12-13-14-15-16-17-18-19(6-2,7-3)8-4;1-5(2,3)4/h5-18H2,1-4H3;(H3,1,2,3,4)/q+1;/p-1. The van der Waals surface area contributed by atoms with E-state index in [0.717, 1.165) is 0 Å². The van der Waals surface area contributed by atoms with Crippen molar-refractivity contribution in [1.29, 1.82) is 0 Å². The molecule has 0 aromatic carbocycles. The average molecular weight is 368 g/mol. The van der Waals surface area contributed by atoms with Crippen molar-refractivity contribution in [2.24, 2.45) is 0 Å². The fourth-order valence-corrected chi connectivity index (χ4v) is 3.08. The Morgan fingerprint density at radius 2 is 1.00 bits per heavy atom. The molecule has 0 bridgehead atoms. The first-order chi connectivity index (χ1) is 11.2. The summed E-state index contributed by atoms with van der Waals surface area (Å²) in [5.41, 5.74) is 0. The Bertz CT molecular complexity index is 287. The van der Waals surface area contributed by atoms with E-state index in [1.165, 1.54) is 94.9 Å². The van der Waals surface area contributed by atoms with E-state index >= 15 is 0 Å². The van der Waals surface area contributed by atoms with E-state index in [4.69, 9.17) is 19.2 Å². The predicted octanol–water partition coefficient (Wildman–Crippen LogP) is 4.22. The molecule has 0 aromatic heterocycles. The molecule has 0 atom stereocenters. The molecule has 0 radical (unpaired) electrons. The SMILES string of the molecule is CCCCCCCCCCCC[N+](CC)(CC)CC.O=P([O-])(O)O. The summed E-state index contributed by atoms with van der Waals surface area (Å²) in [7, 11) is -4.89. The maximum Gasteiger partial charge on any atom is 0.262 e. The fourth-order valence-electron chi connectivity index (χ4n) is 3.08. The van der Waals surface area contributed by atoms with E-state index < -0.39 is 7.82 Å². The molecule has 0 aliphatic carbocycles. The van der Waals surface area contributed by atoms with Gasteiger partial charge in [0, 0.05) is 0 Å². The van der Waals surface area contributed by atoms with E-state index in [-0.39, 0.29) is 0 Å². The van der Waals surface area contributed by atoms with E-state index in [0.29, 0.717) is 0 Å². The van der Waals surface area contributed by atoms with Gasteiger partial charge in [-0.3, -0.25) is 4.57 Å². The molecule has 0 rings (SSSR count). The van der Waals surface area contributed by atoms with Crippen molar-refractivity contribution in [3.63, 3.8) is 0 Å². The van der Waals surface area contributed by atoms with Gasteiger partial charge in [0.15, 0.2) is 0 Å². The summed E-state index contributed by atoms with van der Waals surface area (Å²) < 4.78 is 10.1. The Morgan fingerprint density at radius 3 is 1.29 bits per heavy atom. The lowest BCUT2D eigenvalue weighted by Gasteiger charge is -2.35. The monoisotopic (exact) mass is 367 g/mol. The predicted molar refractivity (Wildman–Crippen MR) is 101 cm³/mol. The highest BCUT2D eigenvalue weighted by molar-refractivity contribution is 7.43. The largest absolute Gasteiger partial charge is 0.756 e. The zero-order chi connectivity index (χ0) is 18.9. The highest BCUT2D eigenvalue weighted by Crippen LogP contribution is 2.19. The van der Waals surface area contributed by atoms with Gasteiger partial charge in [0.05, 0.1) is 26.2 Å². The molecular weight excluding hydrogens is 325 g/mol. The van der Waals surface area contributed by atoms with Crippen molar-refractivity contribution in [1.82, 2.24) is 0 Å². The highest BCUT2D eigenvalue weighted by Gasteiger charge is 2.19. The van der Waals surface area contributed by atoms with Crippen molar-refractivity contribution in [3.8, 4) is 0 Å². The molecule has 0 aromatic rings. The van der Waals surface area contributed by atoms with E-state index in [1.54, 1.807) is 0 Å².